The van der Waals surface area contributed by atoms with Gasteiger partial charge in [-0.2, -0.15) is 5.10 Å². The summed E-state index contributed by atoms with van der Waals surface area (Å²) >= 11 is 0. The maximum atomic E-state index is 13.0. The van der Waals surface area contributed by atoms with Crippen LogP contribution < -0.4 is 21.3 Å². The van der Waals surface area contributed by atoms with Crippen molar-refractivity contribution < 1.29 is 150 Å². The normalized spacial score (nSPS) is 22.4. The van der Waals surface area contributed by atoms with E-state index < -0.39 is 124 Å². The Labute approximate surface area is 849 Å². The van der Waals surface area contributed by atoms with Crippen molar-refractivity contribution in [3.8, 4) is 0 Å². The number of carboxylic acids is 1. The minimum atomic E-state index is -1.05. The van der Waals surface area contributed by atoms with E-state index in [2.05, 4.69) is 72.1 Å². The van der Waals surface area contributed by atoms with Crippen LogP contribution in [0.2, 0.25) is 0 Å². The second-order valence-corrected chi connectivity index (χ2v) is 37.0. The molecule has 0 bridgehead atoms. The van der Waals surface area contributed by atoms with Gasteiger partial charge in [0.25, 0.3) is 35.4 Å². The largest absolute Gasteiger partial charge is 0.480 e. The Morgan fingerprint density at radius 1 is 0.384 bits per heavy atom. The summed E-state index contributed by atoms with van der Waals surface area (Å²) in [6, 6.07) is 24.4. The van der Waals surface area contributed by atoms with Gasteiger partial charge < -0.3 is 120 Å². The summed E-state index contributed by atoms with van der Waals surface area (Å²) in [6.45, 7) is 12.6. The molecule has 18 rings (SSSR count). The van der Waals surface area contributed by atoms with Gasteiger partial charge in [-0.1, -0.05) is 105 Å². The van der Waals surface area contributed by atoms with E-state index in [0.29, 0.717) is 97.1 Å². The number of aliphatic hydroxyl groups is 4. The SMILES string of the molecule is CC(C)C(=O)N1CCCC12CN(CC(=O)N[C@H](c1nnco1)[C@@H](C)O)C2=O.C[C@@H](O)[C@H](NC(=O)CN1CC2(CCCN2C(=O)OCc2ccccc2)C1=O)c1nnco1.C[C@@H](O)[C@H](NC(=O)CN1CC2(CCCN2C(=O)OCc2ccccc2)C1=O)c1nnco1.C[C@@H](O)[C@H](NC(=O)CN1CC2(CCCN2C(=O)c2ncnn2C)C1=O)c1nnco1.O=C(O)CN1CC2(CCCN2C(=O)OCc2ccccc2)C1=O.[CH3-].[Pd]. The van der Waals surface area contributed by atoms with E-state index in [1.165, 1.54) is 82.8 Å². The summed E-state index contributed by atoms with van der Waals surface area (Å²) < 4.78 is 37.7. The van der Waals surface area contributed by atoms with E-state index in [-0.39, 0.29) is 183 Å². The van der Waals surface area contributed by atoms with Gasteiger partial charge >= 0.3 is 24.2 Å². The fraction of sp³-hybridized carbons (Fsp3) is 0.527. The molecule has 5 spiro atoms. The number of likely N-dealkylation sites (tertiary alicyclic amines) is 10. The second-order valence-electron chi connectivity index (χ2n) is 37.0. The number of benzene rings is 3. The quantitative estimate of drug-likeness (QED) is 0.0128. The number of rotatable bonds is 30. The molecule has 14 amide bonds. The zero-order valence-corrected chi connectivity index (χ0v) is 83.0. The van der Waals surface area contributed by atoms with Gasteiger partial charge in [0.1, 0.15) is 84.6 Å². The molecule has 146 heavy (non-hydrogen) atoms. The van der Waals surface area contributed by atoms with Crippen molar-refractivity contribution in [3.05, 3.63) is 176 Å². The molecule has 15 heterocycles. The molecule has 10 saturated heterocycles. The van der Waals surface area contributed by atoms with Gasteiger partial charge in [0, 0.05) is 66.1 Å². The van der Waals surface area contributed by atoms with Gasteiger partial charge in [-0.3, -0.25) is 72.2 Å². The summed E-state index contributed by atoms with van der Waals surface area (Å²) in [5.74, 6) is -4.36. The number of β-lactam (4-membered cyclic amide) rings is 5. The van der Waals surface area contributed by atoms with Crippen LogP contribution in [0.4, 0.5) is 14.4 Å². The van der Waals surface area contributed by atoms with E-state index >= 15 is 0 Å². The van der Waals surface area contributed by atoms with Crippen LogP contribution in [0.3, 0.4) is 0 Å². The number of aryl methyl sites for hydroxylation is 1. The number of carboxylic acid groups (broad SMARTS) is 1. The first-order chi connectivity index (χ1) is 68.9. The van der Waals surface area contributed by atoms with Crippen LogP contribution in [0.15, 0.2) is 141 Å². The first-order valence-electron chi connectivity index (χ1n) is 47.0. The van der Waals surface area contributed by atoms with Crippen molar-refractivity contribution >= 4 is 89.2 Å². The molecule has 3 aromatic carbocycles. The van der Waals surface area contributed by atoms with Crippen molar-refractivity contribution in [2.75, 3.05) is 98.2 Å². The predicted molar refractivity (Wildman–Crippen MR) is 493 cm³/mol. The van der Waals surface area contributed by atoms with E-state index in [1.807, 2.05) is 105 Å². The van der Waals surface area contributed by atoms with E-state index in [4.69, 9.17) is 37.0 Å². The molecule has 13 atom stereocenters. The molecule has 0 saturated carbocycles. The van der Waals surface area contributed by atoms with Crippen LogP contribution in [0.1, 0.15) is 181 Å². The molecule has 5 unspecified atom stereocenters. The van der Waals surface area contributed by atoms with Crippen molar-refractivity contribution in [2.24, 2.45) is 13.0 Å². The number of ether oxygens (including phenoxy) is 3. The number of aliphatic carboxylic acids is 1. The number of hydrogen-bond donors (Lipinski definition) is 9. The number of amides is 14. The number of carbonyl (C=O) groups excluding carboxylic acids is 14. The molecule has 8 aromatic rings. The molecule has 788 valence electrons. The number of nitrogens with zero attached hydrogens (tertiary/aromatic N) is 21. The third-order valence-corrected chi connectivity index (χ3v) is 26.7. The summed E-state index contributed by atoms with van der Waals surface area (Å²) in [6.07, 6.45) is 6.61. The summed E-state index contributed by atoms with van der Waals surface area (Å²) in [5.41, 5.74) is -1.95. The first-order valence-corrected chi connectivity index (χ1v) is 47.0. The summed E-state index contributed by atoms with van der Waals surface area (Å²) in [7, 11) is 1.62. The molecule has 0 radical (unpaired) electrons. The third-order valence-electron chi connectivity index (χ3n) is 26.7. The number of hydrogen-bond acceptors (Lipinski definition) is 36. The number of aliphatic hydroxyl groups excluding tert-OH is 4. The number of carbonyl (C=O) groups is 15. The standard InChI is InChI=1S/2C21H25N5O6.C17H22N8O5.C17H25N5O5.C16H18N2O5.CH3.Pd/c2*1-14(27)17(18-24-22-13-32-18)23-16(28)10-25-12-21(19(25)29)8-5-9-26(21)20(30)31-11-15-6-3-2-4-7-15;1-10(26)12(14-22-19-9-30-14)21-11(27)6-24-7-17(16(24)29)4-3-5-25(17)15(28)13-18-8-20-23(13)2;1-10(2)15(25)22-6-4-5-17(22)8-21(16(17)26)7-12(24)19-13(11(3)23)14-20-18-9-27-14;19-13(20)9-17-11-16(14(17)21)7-4-8-18(16)15(22)23-10-12-5-2-1-3-6-12;;/h2*2-4,6-7,13-14,17,27H,5,8-12H2,1H3,(H,23,28);8-10,12,26H,3-7H2,1-2H3,(H,21,27);9-11,13,23H,4-8H2,1-3H3,(H,19,24);1-3,5-6H,4,7-11H2,(H,19,20);1H3;/q;;;;;-1;/t2*14-,17+,21?;10-,12+,17?;11-,13+,17?;;;/m1111.../s1. The van der Waals surface area contributed by atoms with Crippen LogP contribution >= 0.6 is 0 Å². The van der Waals surface area contributed by atoms with Crippen molar-refractivity contribution in [3.63, 3.8) is 0 Å². The van der Waals surface area contributed by atoms with Crippen LogP contribution in [0, 0.1) is 13.3 Å². The van der Waals surface area contributed by atoms with Crippen LogP contribution in [-0.4, -0.2) is 370 Å². The zero-order valence-electron chi connectivity index (χ0n) is 81.5. The molecule has 0 aliphatic carbocycles. The minimum absolute atomic E-state index is 0. The summed E-state index contributed by atoms with van der Waals surface area (Å²) in [5, 5.41) is 91.7. The topological polar surface area (TPSA) is 652 Å². The minimum Gasteiger partial charge on any atom is -0.480 e. The van der Waals surface area contributed by atoms with Crippen LogP contribution in [0.25, 0.3) is 0 Å². The Bertz CT molecular complexity index is 5720. The van der Waals surface area contributed by atoms with Crippen molar-refractivity contribution in [2.45, 2.75) is 202 Å². The Balaban J connectivity index is 0.000000162. The molecule has 10 aliphatic heterocycles. The average molecular weight is 2120 g/mol. The van der Waals surface area contributed by atoms with Crippen molar-refractivity contribution in [1.82, 2.24) is 126 Å². The Morgan fingerprint density at radius 3 is 0.870 bits per heavy atom. The zero-order chi connectivity index (χ0) is 103. The molecule has 5 aromatic heterocycles. The first kappa shape index (κ1) is 110. The smallest absolute Gasteiger partial charge is 0.411 e. The Morgan fingerprint density at radius 2 is 0.637 bits per heavy atom. The maximum absolute atomic E-state index is 13.0. The fourth-order valence-electron chi connectivity index (χ4n) is 19.5. The van der Waals surface area contributed by atoms with Crippen molar-refractivity contribution in [1.29, 1.82) is 0 Å². The Hall–Kier alpha value is -14.7. The second kappa shape index (κ2) is 47.9. The average Bonchev–Trinajstić information content (AvgIpc) is 1.55. The summed E-state index contributed by atoms with van der Waals surface area (Å²) in [4.78, 5) is 206. The van der Waals surface area contributed by atoms with Gasteiger partial charge in [-0.05, 0) is 109 Å². The molecule has 10 aliphatic rings. The molecule has 10 fully saturated rings. The van der Waals surface area contributed by atoms with E-state index in [0.717, 1.165) is 48.7 Å². The Kier molecular flexibility index (Phi) is 36.1. The predicted octanol–water partition coefficient (Wildman–Crippen LogP) is 0.495. The van der Waals surface area contributed by atoms with Gasteiger partial charge in [0.2, 0.25) is 84.5 Å². The molecular weight excluding hydrogens is 2010 g/mol. The van der Waals surface area contributed by atoms with Gasteiger partial charge in [0.15, 0.2) is 0 Å². The monoisotopic (exact) mass is 2120 g/mol. The molecule has 52 nitrogen and oxygen atoms in total. The van der Waals surface area contributed by atoms with Gasteiger partial charge in [-0.25, -0.2) is 24.0 Å². The third kappa shape index (κ3) is 23.9. The van der Waals surface area contributed by atoms with Crippen LogP contribution in [-0.2, 0) is 114 Å². The number of aromatic nitrogens is 11. The molecular formula is C93H118N25O27Pd-. The maximum Gasteiger partial charge on any atom is 0.411 e. The van der Waals surface area contributed by atoms with E-state index in [1.54, 1.807) is 11.9 Å². The molecule has 9 N–H and O–H groups in total. The molecule has 53 heteroatoms. The van der Waals surface area contributed by atoms with Gasteiger partial charge in [0.05, 0.1) is 83.3 Å². The fourth-order valence-corrected chi connectivity index (χ4v) is 19.5. The van der Waals surface area contributed by atoms with E-state index in [9.17, 15) is 92.3 Å². The number of nitrogens with one attached hydrogen (secondary N) is 4. The van der Waals surface area contributed by atoms with Crippen LogP contribution in [0.5, 0.6) is 0 Å². The van der Waals surface area contributed by atoms with Gasteiger partial charge in [-0.15, -0.1) is 40.8 Å².